The molecule has 5 heteroatoms. The highest BCUT2D eigenvalue weighted by Crippen LogP contribution is 2.32. The summed E-state index contributed by atoms with van der Waals surface area (Å²) in [5.41, 5.74) is 2.07. The number of piperidine rings is 1. The molecule has 1 heterocycles. The summed E-state index contributed by atoms with van der Waals surface area (Å²) >= 11 is 0. The Kier molecular flexibility index (Phi) is 5.16. The monoisotopic (exact) mass is 320 g/mol. The summed E-state index contributed by atoms with van der Waals surface area (Å²) in [5, 5.41) is 3.09. The highest BCUT2D eigenvalue weighted by atomic mass is 19.1. The molecule has 0 saturated carbocycles. The van der Waals surface area contributed by atoms with Gasteiger partial charge in [-0.15, -0.1) is 0 Å². The van der Waals surface area contributed by atoms with Crippen LogP contribution in [-0.4, -0.2) is 37.2 Å². The van der Waals surface area contributed by atoms with Crippen LogP contribution in [0.1, 0.15) is 43.4 Å². The van der Waals surface area contributed by atoms with Gasteiger partial charge in [0.25, 0.3) is 0 Å². The van der Waals surface area contributed by atoms with E-state index in [9.17, 15) is 9.18 Å². The molecule has 2 amide bonds. The van der Waals surface area contributed by atoms with Crippen molar-refractivity contribution in [1.82, 2.24) is 10.2 Å². The fourth-order valence-corrected chi connectivity index (χ4v) is 3.63. The fourth-order valence-electron chi connectivity index (χ4n) is 3.63. The van der Waals surface area contributed by atoms with E-state index in [-0.39, 0.29) is 17.9 Å². The van der Waals surface area contributed by atoms with Gasteiger partial charge in [0.05, 0.1) is 12.6 Å². The third kappa shape index (κ3) is 3.83. The van der Waals surface area contributed by atoms with Gasteiger partial charge in [-0.1, -0.05) is 6.07 Å². The molecule has 0 radical (unpaired) electrons. The number of aryl methyl sites for hydroxylation is 1. The van der Waals surface area contributed by atoms with Crippen LogP contribution in [0.15, 0.2) is 18.2 Å². The van der Waals surface area contributed by atoms with Gasteiger partial charge >= 0.3 is 6.03 Å². The Morgan fingerprint density at radius 1 is 1.43 bits per heavy atom. The van der Waals surface area contributed by atoms with Gasteiger partial charge in [-0.3, -0.25) is 0 Å². The summed E-state index contributed by atoms with van der Waals surface area (Å²) in [5.74, 6) is 0.183. The molecule has 1 aromatic rings. The second kappa shape index (κ2) is 7.30. The Morgan fingerprint density at radius 3 is 3.13 bits per heavy atom. The number of likely N-dealkylation sites (tertiary alicyclic amines) is 1. The predicted molar refractivity (Wildman–Crippen MR) is 86.8 cm³/mol. The van der Waals surface area contributed by atoms with Gasteiger partial charge in [0.15, 0.2) is 0 Å². The first-order chi connectivity index (χ1) is 11.2. The Bertz CT molecular complexity index is 564. The molecule has 3 rings (SSSR count). The SMILES string of the molecule is CCOC[C@@H]1CCCN(C(=O)N[C@H]2CCc3ccc(F)cc32)C1. The van der Waals surface area contributed by atoms with Gasteiger partial charge in [-0.2, -0.15) is 0 Å². The number of urea groups is 1. The van der Waals surface area contributed by atoms with Crippen LogP contribution in [0, 0.1) is 11.7 Å². The molecule has 0 unspecified atom stereocenters. The summed E-state index contributed by atoms with van der Waals surface area (Å²) in [6.07, 6.45) is 3.87. The minimum atomic E-state index is -0.236. The highest BCUT2D eigenvalue weighted by Gasteiger charge is 2.28. The third-order valence-corrected chi connectivity index (χ3v) is 4.85. The van der Waals surface area contributed by atoms with Crippen LogP contribution in [0.4, 0.5) is 9.18 Å². The average Bonchev–Trinajstić information content (AvgIpc) is 2.95. The topological polar surface area (TPSA) is 41.6 Å². The van der Waals surface area contributed by atoms with E-state index in [0.717, 1.165) is 56.5 Å². The number of nitrogens with zero attached hydrogens (tertiary/aromatic N) is 1. The van der Waals surface area contributed by atoms with E-state index < -0.39 is 0 Å². The quantitative estimate of drug-likeness (QED) is 0.925. The van der Waals surface area contributed by atoms with E-state index in [1.165, 1.54) is 6.07 Å². The Labute approximate surface area is 137 Å². The lowest BCUT2D eigenvalue weighted by Gasteiger charge is -2.33. The lowest BCUT2D eigenvalue weighted by Crippen LogP contribution is -2.47. The van der Waals surface area contributed by atoms with E-state index in [4.69, 9.17) is 4.74 Å². The van der Waals surface area contributed by atoms with Gasteiger partial charge in [-0.25, -0.2) is 9.18 Å². The predicted octanol–water partition coefficient (Wildman–Crippen LogP) is 3.27. The fraction of sp³-hybridized carbons (Fsp3) is 0.611. The number of carbonyl (C=O) groups is 1. The smallest absolute Gasteiger partial charge is 0.317 e. The number of fused-ring (bicyclic) bond motifs is 1. The molecule has 2 aliphatic rings. The van der Waals surface area contributed by atoms with Crippen molar-refractivity contribution in [3.05, 3.63) is 35.1 Å². The van der Waals surface area contributed by atoms with Crippen LogP contribution in [0.3, 0.4) is 0 Å². The molecule has 0 bridgehead atoms. The number of amides is 2. The molecule has 1 aromatic carbocycles. The first-order valence-electron chi connectivity index (χ1n) is 8.59. The molecular weight excluding hydrogens is 295 g/mol. The number of rotatable bonds is 4. The maximum Gasteiger partial charge on any atom is 0.317 e. The molecule has 1 fully saturated rings. The minimum absolute atomic E-state index is 0.0340. The van der Waals surface area contributed by atoms with E-state index in [1.807, 2.05) is 17.9 Å². The first-order valence-corrected chi connectivity index (χ1v) is 8.59. The van der Waals surface area contributed by atoms with Crippen molar-refractivity contribution in [3.8, 4) is 0 Å². The maximum absolute atomic E-state index is 13.5. The Hall–Kier alpha value is -1.62. The maximum atomic E-state index is 13.5. The lowest BCUT2D eigenvalue weighted by atomic mass is 9.99. The standard InChI is InChI=1S/C18H25FN2O2/c1-2-23-12-13-4-3-9-21(11-13)18(22)20-17-8-6-14-5-7-15(19)10-16(14)17/h5,7,10,13,17H,2-4,6,8-9,11-12H2,1H3,(H,20,22)/t13-,17+/m1/s1. The lowest BCUT2D eigenvalue weighted by molar-refractivity contribution is 0.0751. The van der Waals surface area contributed by atoms with Crippen LogP contribution < -0.4 is 5.32 Å². The van der Waals surface area contributed by atoms with Crippen LogP contribution in [0.5, 0.6) is 0 Å². The van der Waals surface area contributed by atoms with Crippen molar-refractivity contribution >= 4 is 6.03 Å². The minimum Gasteiger partial charge on any atom is -0.381 e. The molecule has 2 atom stereocenters. The zero-order valence-electron chi connectivity index (χ0n) is 13.7. The average molecular weight is 320 g/mol. The van der Waals surface area contributed by atoms with Crippen molar-refractivity contribution in [1.29, 1.82) is 0 Å². The molecule has 126 valence electrons. The third-order valence-electron chi connectivity index (χ3n) is 4.85. The van der Waals surface area contributed by atoms with Crippen LogP contribution >= 0.6 is 0 Å². The Morgan fingerprint density at radius 2 is 2.30 bits per heavy atom. The Balaban J connectivity index is 1.59. The zero-order valence-corrected chi connectivity index (χ0v) is 13.7. The molecule has 1 aliphatic heterocycles. The van der Waals surface area contributed by atoms with E-state index in [0.29, 0.717) is 12.5 Å². The highest BCUT2D eigenvalue weighted by molar-refractivity contribution is 5.75. The largest absolute Gasteiger partial charge is 0.381 e. The van der Waals surface area contributed by atoms with Crippen LogP contribution in [0.2, 0.25) is 0 Å². The van der Waals surface area contributed by atoms with E-state index >= 15 is 0 Å². The molecule has 4 nitrogen and oxygen atoms in total. The van der Waals surface area contributed by atoms with Crippen LogP contribution in [0.25, 0.3) is 0 Å². The van der Waals surface area contributed by atoms with Crippen LogP contribution in [-0.2, 0) is 11.2 Å². The van der Waals surface area contributed by atoms with E-state index in [1.54, 1.807) is 6.07 Å². The summed E-state index contributed by atoms with van der Waals surface area (Å²) in [6.45, 7) is 4.96. The summed E-state index contributed by atoms with van der Waals surface area (Å²) in [7, 11) is 0. The molecule has 0 aromatic heterocycles. The molecule has 23 heavy (non-hydrogen) atoms. The first kappa shape index (κ1) is 16.2. The number of halogens is 1. The summed E-state index contributed by atoms with van der Waals surface area (Å²) in [4.78, 5) is 14.4. The van der Waals surface area contributed by atoms with Gasteiger partial charge < -0.3 is 15.0 Å². The number of hydrogen-bond donors (Lipinski definition) is 1. The number of carbonyl (C=O) groups excluding carboxylic acids is 1. The number of nitrogens with one attached hydrogen (secondary N) is 1. The van der Waals surface area contributed by atoms with Gasteiger partial charge in [0.2, 0.25) is 0 Å². The van der Waals surface area contributed by atoms with Crippen molar-refractivity contribution in [2.24, 2.45) is 5.92 Å². The molecule has 1 saturated heterocycles. The molecule has 1 aliphatic carbocycles. The van der Waals surface area contributed by atoms with Crippen molar-refractivity contribution < 1.29 is 13.9 Å². The second-order valence-electron chi connectivity index (χ2n) is 6.50. The molecule has 0 spiro atoms. The van der Waals surface area contributed by atoms with Gasteiger partial charge in [-0.05, 0) is 55.9 Å². The number of ether oxygens (including phenoxy) is 1. The number of benzene rings is 1. The normalized spacial score (nSPS) is 23.7. The van der Waals surface area contributed by atoms with Gasteiger partial charge in [0, 0.05) is 25.6 Å². The molecular formula is C18H25FN2O2. The van der Waals surface area contributed by atoms with E-state index in [2.05, 4.69) is 5.32 Å². The van der Waals surface area contributed by atoms with Gasteiger partial charge in [0.1, 0.15) is 5.82 Å². The van der Waals surface area contributed by atoms with Crippen molar-refractivity contribution in [2.45, 2.75) is 38.6 Å². The van der Waals surface area contributed by atoms with Crippen molar-refractivity contribution in [3.63, 3.8) is 0 Å². The number of hydrogen-bond acceptors (Lipinski definition) is 2. The second-order valence-corrected chi connectivity index (χ2v) is 6.50. The summed E-state index contributed by atoms with van der Waals surface area (Å²) < 4.78 is 19.0. The molecule has 1 N–H and O–H groups in total. The zero-order chi connectivity index (χ0) is 16.2. The van der Waals surface area contributed by atoms with Crippen molar-refractivity contribution in [2.75, 3.05) is 26.3 Å². The summed E-state index contributed by atoms with van der Waals surface area (Å²) in [6, 6.07) is 4.78.